The molecule has 0 radical (unpaired) electrons. The number of amides is 2. The number of hydrogen-bond donors (Lipinski definition) is 1. The molecule has 0 saturated carbocycles. The van der Waals surface area contributed by atoms with Gasteiger partial charge in [0, 0.05) is 19.0 Å². The molecular formula is C12H22N2O2. The van der Waals surface area contributed by atoms with Gasteiger partial charge in [0.1, 0.15) is 0 Å². The van der Waals surface area contributed by atoms with Crippen LogP contribution in [0.2, 0.25) is 0 Å². The monoisotopic (exact) mass is 226 g/mol. The van der Waals surface area contributed by atoms with Crippen molar-refractivity contribution in [3.63, 3.8) is 0 Å². The van der Waals surface area contributed by atoms with E-state index in [1.54, 1.807) is 4.90 Å². The lowest BCUT2D eigenvalue weighted by atomic mass is 9.96. The van der Waals surface area contributed by atoms with E-state index in [1.807, 2.05) is 0 Å². The molecule has 16 heavy (non-hydrogen) atoms. The van der Waals surface area contributed by atoms with Gasteiger partial charge in [-0.25, -0.2) is 0 Å². The number of rotatable bonds is 5. The predicted molar refractivity (Wildman–Crippen MR) is 62.9 cm³/mol. The van der Waals surface area contributed by atoms with E-state index in [1.165, 1.54) is 0 Å². The summed E-state index contributed by atoms with van der Waals surface area (Å²) in [7, 11) is 0. The molecule has 2 amide bonds. The van der Waals surface area contributed by atoms with Gasteiger partial charge in [-0.1, -0.05) is 26.7 Å². The molecule has 0 bridgehead atoms. The Bertz CT molecular complexity index is 247. The summed E-state index contributed by atoms with van der Waals surface area (Å²) in [6.07, 6.45) is 3.92. The highest BCUT2D eigenvalue weighted by Crippen LogP contribution is 2.17. The molecule has 0 atom stereocenters. The highest BCUT2D eigenvalue weighted by molar-refractivity contribution is 5.86. The topological polar surface area (TPSA) is 49.4 Å². The van der Waals surface area contributed by atoms with Crippen LogP contribution in [0.1, 0.15) is 39.5 Å². The van der Waals surface area contributed by atoms with Gasteiger partial charge in [0.2, 0.25) is 11.8 Å². The number of carbonyl (C=O) groups excluding carboxylic acids is 2. The molecule has 1 rings (SSSR count). The molecule has 0 spiro atoms. The van der Waals surface area contributed by atoms with Gasteiger partial charge in [-0.05, 0) is 12.8 Å². The van der Waals surface area contributed by atoms with Gasteiger partial charge < -0.3 is 10.2 Å². The summed E-state index contributed by atoms with van der Waals surface area (Å²) in [5.74, 6) is 0.241. The first-order valence-corrected chi connectivity index (χ1v) is 6.24. The first-order valence-electron chi connectivity index (χ1n) is 6.24. The minimum atomic E-state index is -0.0358. The molecule has 0 unspecified atom stereocenters. The predicted octanol–water partition coefficient (Wildman–Crippen LogP) is 1.16. The zero-order chi connectivity index (χ0) is 12.0. The molecule has 1 saturated heterocycles. The van der Waals surface area contributed by atoms with E-state index in [9.17, 15) is 9.59 Å². The third-order valence-electron chi connectivity index (χ3n) is 2.97. The zero-order valence-electron chi connectivity index (χ0n) is 10.3. The maximum atomic E-state index is 12.2. The lowest BCUT2D eigenvalue weighted by Gasteiger charge is -2.30. The highest BCUT2D eigenvalue weighted by atomic mass is 16.2. The molecule has 0 aromatic rings. The molecule has 1 N–H and O–H groups in total. The van der Waals surface area contributed by atoms with E-state index in [4.69, 9.17) is 0 Å². The van der Waals surface area contributed by atoms with E-state index in [0.29, 0.717) is 13.1 Å². The van der Waals surface area contributed by atoms with Gasteiger partial charge in [0.15, 0.2) is 0 Å². The largest absolute Gasteiger partial charge is 0.353 e. The Morgan fingerprint density at radius 2 is 2.00 bits per heavy atom. The van der Waals surface area contributed by atoms with Crippen LogP contribution in [0.25, 0.3) is 0 Å². The number of carbonyl (C=O) groups is 2. The van der Waals surface area contributed by atoms with Crippen molar-refractivity contribution in [2.75, 3.05) is 19.6 Å². The third-order valence-corrected chi connectivity index (χ3v) is 2.97. The summed E-state index contributed by atoms with van der Waals surface area (Å²) in [5.41, 5.74) is 0. The fourth-order valence-corrected chi connectivity index (χ4v) is 2.17. The van der Waals surface area contributed by atoms with Gasteiger partial charge in [-0.3, -0.25) is 9.59 Å². The summed E-state index contributed by atoms with van der Waals surface area (Å²) in [6.45, 7) is 5.69. The standard InChI is InChI=1S/C12H22N2O2/c1-3-5-10(6-4-2)12(16)14-8-7-13-11(15)9-14/h10H,3-9H2,1-2H3,(H,13,15). The number of nitrogens with zero attached hydrogens (tertiary/aromatic N) is 1. The molecule has 0 aromatic carbocycles. The summed E-state index contributed by atoms with van der Waals surface area (Å²) >= 11 is 0. The van der Waals surface area contributed by atoms with Crippen LogP contribution in [-0.4, -0.2) is 36.3 Å². The average Bonchev–Trinajstić information content (AvgIpc) is 2.28. The average molecular weight is 226 g/mol. The number of nitrogens with one attached hydrogen (secondary N) is 1. The van der Waals surface area contributed by atoms with Crippen molar-refractivity contribution in [3.8, 4) is 0 Å². The van der Waals surface area contributed by atoms with Crippen LogP contribution in [0.15, 0.2) is 0 Å². The second-order valence-electron chi connectivity index (χ2n) is 4.38. The van der Waals surface area contributed by atoms with Crippen LogP contribution >= 0.6 is 0 Å². The lowest BCUT2D eigenvalue weighted by molar-refractivity contribution is -0.141. The number of hydrogen-bond acceptors (Lipinski definition) is 2. The van der Waals surface area contributed by atoms with Crippen molar-refractivity contribution >= 4 is 11.8 Å². The van der Waals surface area contributed by atoms with Crippen LogP contribution in [0.5, 0.6) is 0 Å². The van der Waals surface area contributed by atoms with Gasteiger partial charge in [-0.15, -0.1) is 0 Å². The first kappa shape index (κ1) is 13.0. The molecule has 1 fully saturated rings. The SMILES string of the molecule is CCCC(CCC)C(=O)N1CCNC(=O)C1. The maximum absolute atomic E-state index is 12.2. The Hall–Kier alpha value is -1.06. The summed E-state index contributed by atoms with van der Waals surface area (Å²) in [5, 5.41) is 2.74. The minimum absolute atomic E-state index is 0.0358. The van der Waals surface area contributed by atoms with E-state index >= 15 is 0 Å². The quantitative estimate of drug-likeness (QED) is 0.765. The minimum Gasteiger partial charge on any atom is -0.353 e. The van der Waals surface area contributed by atoms with E-state index in [2.05, 4.69) is 19.2 Å². The van der Waals surface area contributed by atoms with Gasteiger partial charge in [0.05, 0.1) is 6.54 Å². The van der Waals surface area contributed by atoms with Crippen LogP contribution < -0.4 is 5.32 Å². The Kier molecular flexibility index (Phi) is 5.29. The van der Waals surface area contributed by atoms with Crippen molar-refractivity contribution in [2.24, 2.45) is 5.92 Å². The van der Waals surface area contributed by atoms with Gasteiger partial charge >= 0.3 is 0 Å². The van der Waals surface area contributed by atoms with Gasteiger partial charge in [0.25, 0.3) is 0 Å². The molecule has 4 heteroatoms. The van der Waals surface area contributed by atoms with Crippen LogP contribution in [0.3, 0.4) is 0 Å². The summed E-state index contributed by atoms with van der Waals surface area (Å²) in [6, 6.07) is 0. The second-order valence-corrected chi connectivity index (χ2v) is 4.38. The molecular weight excluding hydrogens is 204 g/mol. The fourth-order valence-electron chi connectivity index (χ4n) is 2.17. The molecule has 4 nitrogen and oxygen atoms in total. The maximum Gasteiger partial charge on any atom is 0.239 e. The second kappa shape index (κ2) is 6.51. The molecule has 1 aliphatic rings. The van der Waals surface area contributed by atoms with Crippen LogP contribution in [0, 0.1) is 5.92 Å². The highest BCUT2D eigenvalue weighted by Gasteiger charge is 2.26. The Morgan fingerprint density at radius 3 is 2.50 bits per heavy atom. The third kappa shape index (κ3) is 3.51. The smallest absolute Gasteiger partial charge is 0.239 e. The Morgan fingerprint density at radius 1 is 1.38 bits per heavy atom. The van der Waals surface area contributed by atoms with Crippen molar-refractivity contribution in [1.29, 1.82) is 0 Å². The van der Waals surface area contributed by atoms with E-state index in [-0.39, 0.29) is 24.3 Å². The van der Waals surface area contributed by atoms with Crippen molar-refractivity contribution < 1.29 is 9.59 Å². The van der Waals surface area contributed by atoms with Gasteiger partial charge in [-0.2, -0.15) is 0 Å². The van der Waals surface area contributed by atoms with Crippen molar-refractivity contribution in [1.82, 2.24) is 10.2 Å². The van der Waals surface area contributed by atoms with Crippen molar-refractivity contribution in [2.45, 2.75) is 39.5 Å². The van der Waals surface area contributed by atoms with Crippen molar-refractivity contribution in [3.05, 3.63) is 0 Å². The normalized spacial score (nSPS) is 16.4. The summed E-state index contributed by atoms with van der Waals surface area (Å²) in [4.78, 5) is 25.1. The Balaban J connectivity index is 2.54. The molecule has 1 heterocycles. The van der Waals surface area contributed by atoms with E-state index in [0.717, 1.165) is 25.7 Å². The zero-order valence-corrected chi connectivity index (χ0v) is 10.3. The fraction of sp³-hybridized carbons (Fsp3) is 0.833. The molecule has 0 aromatic heterocycles. The van der Waals surface area contributed by atoms with Crippen LogP contribution in [-0.2, 0) is 9.59 Å². The molecule has 0 aliphatic carbocycles. The lowest BCUT2D eigenvalue weighted by Crippen LogP contribution is -2.51. The Labute approximate surface area is 97.4 Å². The summed E-state index contributed by atoms with van der Waals surface area (Å²) < 4.78 is 0. The number of piperazine rings is 1. The first-order chi connectivity index (χ1) is 7.69. The van der Waals surface area contributed by atoms with E-state index < -0.39 is 0 Å². The van der Waals surface area contributed by atoms with Crippen LogP contribution in [0.4, 0.5) is 0 Å². The molecule has 92 valence electrons. The molecule has 1 aliphatic heterocycles.